The third-order valence-corrected chi connectivity index (χ3v) is 4.33. The highest BCUT2D eigenvalue weighted by Gasteiger charge is 2.29. The highest BCUT2D eigenvalue weighted by Crippen LogP contribution is 2.37. The number of hydrogen-bond acceptors (Lipinski definition) is 5. The van der Waals surface area contributed by atoms with Crippen molar-refractivity contribution in [2.75, 3.05) is 5.32 Å². The van der Waals surface area contributed by atoms with Crippen molar-refractivity contribution in [1.29, 1.82) is 0 Å². The topological polar surface area (TPSA) is 66.9 Å². The number of nitrogens with zero attached hydrogens (tertiary/aromatic N) is 2. The van der Waals surface area contributed by atoms with Crippen molar-refractivity contribution in [3.8, 4) is 0 Å². The number of anilines is 1. The molecule has 2 rings (SSSR count). The van der Waals surface area contributed by atoms with Crippen LogP contribution in [0.2, 0.25) is 0 Å². The summed E-state index contributed by atoms with van der Waals surface area (Å²) in [6.07, 6.45) is 0.771. The highest BCUT2D eigenvalue weighted by atomic mass is 32.2. The summed E-state index contributed by atoms with van der Waals surface area (Å²) in [6.45, 7) is 2.16. The second kappa shape index (κ2) is 7.64. The lowest BCUT2D eigenvalue weighted by molar-refractivity contribution is -0.0328. The lowest BCUT2D eigenvalue weighted by Crippen LogP contribution is -2.28. The summed E-state index contributed by atoms with van der Waals surface area (Å²) < 4.78 is 37.0. The molecular formula is C13H13F3N4OS2. The summed E-state index contributed by atoms with van der Waals surface area (Å²) >= 11 is 1.17. The zero-order chi connectivity index (χ0) is 16.9. The van der Waals surface area contributed by atoms with Crippen LogP contribution in [0.15, 0.2) is 29.2 Å². The zero-order valence-corrected chi connectivity index (χ0v) is 13.6. The number of halogens is 3. The number of amides is 2. The molecule has 0 bridgehead atoms. The van der Waals surface area contributed by atoms with Crippen LogP contribution in [-0.4, -0.2) is 21.7 Å². The van der Waals surface area contributed by atoms with Gasteiger partial charge in [0, 0.05) is 10.6 Å². The molecule has 0 saturated heterocycles. The number of alkyl halides is 3. The van der Waals surface area contributed by atoms with Gasteiger partial charge < -0.3 is 10.6 Å². The molecule has 1 heterocycles. The maximum Gasteiger partial charge on any atom is 0.446 e. The quantitative estimate of drug-likeness (QED) is 0.788. The Labute approximate surface area is 138 Å². The molecule has 0 aliphatic rings. The molecule has 10 heteroatoms. The lowest BCUT2D eigenvalue weighted by Gasteiger charge is -2.09. The Morgan fingerprint density at radius 1 is 1.30 bits per heavy atom. The number of urea groups is 1. The van der Waals surface area contributed by atoms with E-state index in [0.717, 1.165) is 11.4 Å². The van der Waals surface area contributed by atoms with E-state index in [0.29, 0.717) is 5.01 Å². The third kappa shape index (κ3) is 6.06. The van der Waals surface area contributed by atoms with Crippen LogP contribution in [0.5, 0.6) is 0 Å². The van der Waals surface area contributed by atoms with E-state index >= 15 is 0 Å². The van der Waals surface area contributed by atoms with Crippen molar-refractivity contribution in [2.24, 2.45) is 0 Å². The Morgan fingerprint density at radius 3 is 2.70 bits per heavy atom. The van der Waals surface area contributed by atoms with Crippen molar-refractivity contribution in [3.05, 3.63) is 34.3 Å². The number of aryl methyl sites for hydroxylation is 1. The molecule has 0 radical (unpaired) electrons. The van der Waals surface area contributed by atoms with Crippen LogP contribution in [-0.2, 0) is 13.0 Å². The third-order valence-electron chi connectivity index (χ3n) is 2.54. The van der Waals surface area contributed by atoms with Crippen LogP contribution in [0.4, 0.5) is 23.7 Å². The predicted octanol–water partition coefficient (Wildman–Crippen LogP) is 4.03. The molecule has 23 heavy (non-hydrogen) atoms. The van der Waals surface area contributed by atoms with Gasteiger partial charge in [-0.3, -0.25) is 0 Å². The smallest absolute Gasteiger partial charge is 0.331 e. The van der Waals surface area contributed by atoms with E-state index in [-0.39, 0.29) is 28.9 Å². The molecule has 0 atom stereocenters. The largest absolute Gasteiger partial charge is 0.446 e. The molecule has 0 aliphatic carbocycles. The minimum absolute atomic E-state index is 0.00649. The summed E-state index contributed by atoms with van der Waals surface area (Å²) in [5, 5.41) is 14.5. The molecule has 0 saturated carbocycles. The molecule has 2 amide bonds. The number of hydrogen-bond donors (Lipinski definition) is 2. The first-order valence-electron chi connectivity index (χ1n) is 6.57. The summed E-state index contributed by atoms with van der Waals surface area (Å²) in [5.41, 5.74) is -4.08. The van der Waals surface area contributed by atoms with Gasteiger partial charge in [0.1, 0.15) is 10.0 Å². The van der Waals surface area contributed by atoms with E-state index in [2.05, 4.69) is 20.8 Å². The van der Waals surface area contributed by atoms with Crippen LogP contribution in [0.1, 0.15) is 16.9 Å². The van der Waals surface area contributed by atoms with Crippen LogP contribution in [0, 0.1) is 0 Å². The minimum atomic E-state index is -4.37. The van der Waals surface area contributed by atoms with Crippen molar-refractivity contribution < 1.29 is 18.0 Å². The van der Waals surface area contributed by atoms with Crippen molar-refractivity contribution in [2.45, 2.75) is 30.3 Å². The Bertz CT molecular complexity index is 675. The highest BCUT2D eigenvalue weighted by molar-refractivity contribution is 8.00. The molecule has 1 aromatic carbocycles. The Balaban J connectivity index is 1.88. The zero-order valence-electron chi connectivity index (χ0n) is 12.0. The Hall–Kier alpha value is -1.81. The monoisotopic (exact) mass is 362 g/mol. The minimum Gasteiger partial charge on any atom is -0.331 e. The van der Waals surface area contributed by atoms with Gasteiger partial charge in [-0.1, -0.05) is 24.3 Å². The SMILES string of the molecule is CCc1nnc(CNC(=O)Nc2cccc(SC(F)(F)F)c2)s1. The van der Waals surface area contributed by atoms with Crippen molar-refractivity contribution >= 4 is 34.8 Å². The van der Waals surface area contributed by atoms with Gasteiger partial charge in [0.2, 0.25) is 0 Å². The second-order valence-electron chi connectivity index (χ2n) is 4.33. The normalized spacial score (nSPS) is 11.3. The van der Waals surface area contributed by atoms with E-state index in [1.807, 2.05) is 6.92 Å². The van der Waals surface area contributed by atoms with Gasteiger partial charge in [0.25, 0.3) is 0 Å². The van der Waals surface area contributed by atoms with Crippen LogP contribution >= 0.6 is 23.1 Å². The van der Waals surface area contributed by atoms with Gasteiger partial charge in [0.05, 0.1) is 6.54 Å². The Kier molecular flexibility index (Phi) is 5.83. The van der Waals surface area contributed by atoms with Gasteiger partial charge in [0.15, 0.2) is 0 Å². The van der Waals surface area contributed by atoms with Crippen LogP contribution in [0.25, 0.3) is 0 Å². The number of nitrogens with one attached hydrogen (secondary N) is 2. The predicted molar refractivity (Wildman–Crippen MR) is 83.5 cm³/mol. The number of carbonyl (C=O) groups is 1. The van der Waals surface area contributed by atoms with Gasteiger partial charge in [-0.15, -0.1) is 10.2 Å². The van der Waals surface area contributed by atoms with E-state index in [4.69, 9.17) is 0 Å². The van der Waals surface area contributed by atoms with E-state index < -0.39 is 11.5 Å². The van der Waals surface area contributed by atoms with E-state index in [1.54, 1.807) is 0 Å². The number of rotatable bonds is 5. The summed E-state index contributed by atoms with van der Waals surface area (Å²) in [6, 6.07) is 5.03. The molecule has 0 aliphatic heterocycles. The average Bonchev–Trinajstić information content (AvgIpc) is 2.92. The first kappa shape index (κ1) is 17.5. The first-order valence-corrected chi connectivity index (χ1v) is 8.21. The summed E-state index contributed by atoms with van der Waals surface area (Å²) in [4.78, 5) is 11.8. The molecule has 1 aromatic heterocycles. The number of aromatic nitrogens is 2. The standard InChI is InChI=1S/C13H13F3N4OS2/c1-2-10-19-20-11(22-10)7-17-12(21)18-8-4-3-5-9(6-8)23-13(14,15)16/h3-6H,2,7H2,1H3,(H2,17,18,21). The van der Waals surface area contributed by atoms with Crippen molar-refractivity contribution in [1.82, 2.24) is 15.5 Å². The van der Waals surface area contributed by atoms with Crippen LogP contribution < -0.4 is 10.6 Å². The molecule has 2 aromatic rings. The van der Waals surface area contributed by atoms with E-state index in [1.165, 1.54) is 35.6 Å². The molecule has 0 unspecified atom stereocenters. The second-order valence-corrected chi connectivity index (χ2v) is 6.61. The first-order chi connectivity index (χ1) is 10.9. The summed E-state index contributed by atoms with van der Waals surface area (Å²) in [5.74, 6) is 0. The van der Waals surface area contributed by atoms with Gasteiger partial charge in [-0.2, -0.15) is 13.2 Å². The maximum absolute atomic E-state index is 12.3. The molecule has 5 nitrogen and oxygen atoms in total. The molecule has 124 valence electrons. The maximum atomic E-state index is 12.3. The van der Waals surface area contributed by atoms with E-state index in [9.17, 15) is 18.0 Å². The Morgan fingerprint density at radius 2 is 2.04 bits per heavy atom. The molecule has 0 fully saturated rings. The lowest BCUT2D eigenvalue weighted by atomic mass is 10.3. The fourth-order valence-electron chi connectivity index (χ4n) is 1.60. The number of benzene rings is 1. The van der Waals surface area contributed by atoms with Crippen LogP contribution in [0.3, 0.4) is 0 Å². The molecular weight excluding hydrogens is 349 g/mol. The summed E-state index contributed by atoms with van der Waals surface area (Å²) in [7, 11) is 0. The van der Waals surface area contributed by atoms with Gasteiger partial charge in [-0.05, 0) is 36.4 Å². The number of carbonyl (C=O) groups excluding carboxylic acids is 1. The van der Waals surface area contributed by atoms with Gasteiger partial charge >= 0.3 is 11.5 Å². The fraction of sp³-hybridized carbons (Fsp3) is 0.308. The fourth-order valence-corrected chi connectivity index (χ4v) is 2.93. The van der Waals surface area contributed by atoms with Gasteiger partial charge in [-0.25, -0.2) is 4.79 Å². The molecule has 2 N–H and O–H groups in total. The number of thioether (sulfide) groups is 1. The molecule has 0 spiro atoms. The van der Waals surface area contributed by atoms with Crippen molar-refractivity contribution in [3.63, 3.8) is 0 Å². The average molecular weight is 362 g/mol.